The van der Waals surface area contributed by atoms with Crippen LogP contribution in [0.1, 0.15) is 33.1 Å². The van der Waals surface area contributed by atoms with E-state index in [9.17, 15) is 14.7 Å². The van der Waals surface area contributed by atoms with Crippen molar-refractivity contribution in [1.82, 2.24) is 0 Å². The van der Waals surface area contributed by atoms with Crippen molar-refractivity contribution < 1.29 is 28.3 Å². The number of thioether (sulfide) groups is 1. The second-order valence-corrected chi connectivity index (χ2v) is 13.3. The zero-order valence-corrected chi connectivity index (χ0v) is 23.2. The van der Waals surface area contributed by atoms with Crippen LogP contribution in [0.3, 0.4) is 0 Å². The first-order valence-corrected chi connectivity index (χ1v) is 14.9. The number of anilines is 1. The highest BCUT2D eigenvalue weighted by Gasteiger charge is 2.79. The molecule has 6 rings (SSSR count). The van der Waals surface area contributed by atoms with Crippen LogP contribution in [0.5, 0.6) is 0 Å². The number of carbonyl (C=O) groups is 2. The number of rotatable bonds is 4. The molecule has 0 unspecified atom stereocenters. The number of fused-ring (bicyclic) bond motifs is 7. The molecule has 1 aromatic carbocycles. The lowest BCUT2D eigenvalue weighted by molar-refractivity contribution is -0.226. The molecule has 0 spiro atoms. The highest BCUT2D eigenvalue weighted by molar-refractivity contribution is 7.99. The summed E-state index contributed by atoms with van der Waals surface area (Å²) in [5.41, 5.74) is -4.96. The van der Waals surface area contributed by atoms with Gasteiger partial charge in [-0.1, -0.05) is 24.6 Å². The van der Waals surface area contributed by atoms with E-state index in [1.165, 1.54) is 30.0 Å². The summed E-state index contributed by atoms with van der Waals surface area (Å²) in [5.74, 6) is -1.72. The summed E-state index contributed by atoms with van der Waals surface area (Å²) in [6.07, 6.45) is 3.12. The number of benzene rings is 1. The summed E-state index contributed by atoms with van der Waals surface area (Å²) in [4.78, 5) is 32.7. The molecule has 1 aromatic rings. The molecule has 3 saturated carbocycles. The Balaban J connectivity index is 1.44. The highest BCUT2D eigenvalue weighted by atomic mass is 35.5. The van der Waals surface area contributed by atoms with E-state index in [0.717, 1.165) is 5.69 Å². The monoisotopic (exact) mass is 563 g/mol. The van der Waals surface area contributed by atoms with Crippen molar-refractivity contribution in [3.8, 4) is 0 Å². The average molecular weight is 564 g/mol. The number of alkyl halides is 2. The van der Waals surface area contributed by atoms with Gasteiger partial charge in [0.25, 0.3) is 0 Å². The van der Waals surface area contributed by atoms with Gasteiger partial charge in [-0.3, -0.25) is 19.5 Å². The third-order valence-electron chi connectivity index (χ3n) is 10.4. The van der Waals surface area contributed by atoms with Crippen LogP contribution in [-0.2, 0) is 14.4 Å². The molecule has 5 nitrogen and oxygen atoms in total. The van der Waals surface area contributed by atoms with E-state index in [1.807, 2.05) is 25.3 Å². The maximum atomic E-state index is 17.5. The second kappa shape index (κ2) is 8.63. The minimum absolute atomic E-state index is 0.00262. The molecular weight excluding hydrogens is 532 g/mol. The predicted octanol–water partition coefficient (Wildman–Crippen LogP) is 5.31. The molecule has 5 aliphatic rings. The molecule has 1 N–H and O–H groups in total. The van der Waals surface area contributed by atoms with E-state index in [2.05, 4.69) is 0 Å². The molecule has 1 heterocycles. The van der Waals surface area contributed by atoms with Gasteiger partial charge in [-0.15, -0.1) is 0 Å². The lowest BCUT2D eigenvalue weighted by Crippen LogP contribution is -2.70. The predicted molar refractivity (Wildman–Crippen MR) is 144 cm³/mol. The van der Waals surface area contributed by atoms with E-state index < -0.39 is 40.3 Å². The van der Waals surface area contributed by atoms with Crippen LogP contribution >= 0.6 is 23.4 Å². The van der Waals surface area contributed by atoms with Crippen molar-refractivity contribution in [2.45, 2.75) is 56.7 Å². The van der Waals surface area contributed by atoms with Gasteiger partial charge < -0.3 is 5.11 Å². The molecule has 9 atom stereocenters. The second-order valence-electron chi connectivity index (χ2n) is 12.0. The Bertz CT molecular complexity index is 1260. The first-order valence-electron chi connectivity index (χ1n) is 13.1. The summed E-state index contributed by atoms with van der Waals surface area (Å²) in [6.45, 7) is 3.94. The van der Waals surface area contributed by atoms with Crippen molar-refractivity contribution in [2.24, 2.45) is 28.6 Å². The smallest absolute Gasteiger partial charge is 0.178 e. The number of Topliss-reactive ketones (excluding diaryl/α,β-unsaturated/α-hetero) is 1. The van der Waals surface area contributed by atoms with Crippen LogP contribution in [0.4, 0.5) is 14.5 Å². The number of hydroxylamine groups is 1. The van der Waals surface area contributed by atoms with Crippen molar-refractivity contribution in [2.75, 3.05) is 23.6 Å². The van der Waals surface area contributed by atoms with Crippen LogP contribution in [0.15, 0.2) is 48.1 Å². The van der Waals surface area contributed by atoms with Crippen LogP contribution < -0.4 is 5.06 Å². The first kappa shape index (κ1) is 26.5. The fourth-order valence-electron chi connectivity index (χ4n) is 8.75. The van der Waals surface area contributed by atoms with Crippen molar-refractivity contribution in [3.63, 3.8) is 0 Å². The number of hydrogen-bond donors (Lipinski definition) is 1. The molecule has 0 bridgehead atoms. The van der Waals surface area contributed by atoms with Crippen LogP contribution in [0.25, 0.3) is 0 Å². The molecule has 9 heteroatoms. The summed E-state index contributed by atoms with van der Waals surface area (Å²) in [7, 11) is 0. The number of aliphatic hydroxyl groups excluding tert-OH is 1. The molecule has 0 amide bonds. The van der Waals surface area contributed by atoms with Crippen molar-refractivity contribution >= 4 is 40.6 Å². The van der Waals surface area contributed by atoms with E-state index in [0.29, 0.717) is 18.0 Å². The Morgan fingerprint density at radius 1 is 1.24 bits per heavy atom. The highest BCUT2D eigenvalue weighted by Crippen LogP contribution is 2.72. The Labute approximate surface area is 230 Å². The van der Waals surface area contributed by atoms with Gasteiger partial charge in [0.2, 0.25) is 0 Å². The normalized spacial score (nSPS) is 45.2. The lowest BCUT2D eigenvalue weighted by atomic mass is 9.44. The van der Waals surface area contributed by atoms with E-state index in [4.69, 9.17) is 16.4 Å². The van der Waals surface area contributed by atoms with Crippen LogP contribution in [-0.4, -0.2) is 58.8 Å². The van der Waals surface area contributed by atoms with Gasteiger partial charge in [-0.25, -0.2) is 8.78 Å². The Hall–Kier alpha value is -1.74. The van der Waals surface area contributed by atoms with E-state index in [1.54, 1.807) is 24.1 Å². The quantitative estimate of drug-likeness (QED) is 0.536. The number of aliphatic hydroxyl groups is 1. The summed E-state index contributed by atoms with van der Waals surface area (Å²) in [5, 5.41) is 14.0. The molecule has 1 saturated heterocycles. The van der Waals surface area contributed by atoms with Crippen LogP contribution in [0.2, 0.25) is 5.02 Å². The Morgan fingerprint density at radius 2 is 1.95 bits per heavy atom. The Morgan fingerprint density at radius 3 is 2.63 bits per heavy atom. The third kappa shape index (κ3) is 3.17. The summed E-state index contributed by atoms with van der Waals surface area (Å²) < 4.78 is 33.2. The molecule has 4 aliphatic carbocycles. The van der Waals surface area contributed by atoms with Gasteiger partial charge in [0.1, 0.15) is 6.17 Å². The fraction of sp³-hybridized carbons (Fsp3) is 0.586. The molecule has 0 aromatic heterocycles. The van der Waals surface area contributed by atoms with Crippen molar-refractivity contribution in [3.05, 3.63) is 53.1 Å². The topological polar surface area (TPSA) is 66.8 Å². The maximum Gasteiger partial charge on any atom is 0.178 e. The molecule has 204 valence electrons. The number of halogens is 3. The standard InChI is InChI=1S/C29H32ClF2NO4S/c1-26-9-8-19(34)11-22(26)23(31)12-21-20-10-16-14-33(18-6-4-17(30)5-7-18)37-29(16,25(36)15-38-3)27(20,2)13-24(35)28(21,26)32/h4-9,11,16,20-21,23-24,35H,10,12-15H2,1-3H3/t16-,20-,21-,23-,24-,26-,27-,28-,29-/m0/s1. The average Bonchev–Trinajstić information content (AvgIpc) is 3.37. The minimum atomic E-state index is -2.18. The molecule has 1 aliphatic heterocycles. The lowest BCUT2D eigenvalue weighted by Gasteiger charge is -2.63. The summed E-state index contributed by atoms with van der Waals surface area (Å²) >= 11 is 7.49. The number of carbonyl (C=O) groups excluding carboxylic acids is 2. The van der Waals surface area contributed by atoms with Gasteiger partial charge in [0.05, 0.1) is 24.1 Å². The zero-order valence-electron chi connectivity index (χ0n) is 21.6. The van der Waals surface area contributed by atoms with Gasteiger partial charge in [0, 0.05) is 27.7 Å². The minimum Gasteiger partial charge on any atom is -0.390 e. The van der Waals surface area contributed by atoms with Gasteiger partial charge in [0.15, 0.2) is 22.8 Å². The fourth-order valence-corrected chi connectivity index (χ4v) is 9.35. The number of nitrogens with zero attached hydrogens (tertiary/aromatic N) is 1. The largest absolute Gasteiger partial charge is 0.390 e. The van der Waals surface area contributed by atoms with Crippen LogP contribution in [0, 0.1) is 28.6 Å². The first-order chi connectivity index (χ1) is 17.9. The number of ketones is 2. The SMILES string of the molecule is CSCC(=O)[C@@]12ON(c3ccc(Cl)cc3)C[C@@H]1C[C@H]1[C@@H]3C[C@H](F)C4=CC(=O)C=C[C@]4(C)[C@@]3(F)[C@@H](O)C[C@@]12C. The Kier molecular flexibility index (Phi) is 6.01. The third-order valence-corrected chi connectivity index (χ3v) is 11.2. The van der Waals surface area contributed by atoms with Gasteiger partial charge in [-0.2, -0.15) is 11.8 Å². The maximum absolute atomic E-state index is 17.5. The van der Waals surface area contributed by atoms with E-state index in [-0.39, 0.29) is 47.6 Å². The molecule has 38 heavy (non-hydrogen) atoms. The molecular formula is C29H32ClF2NO4S. The number of hydrogen-bond acceptors (Lipinski definition) is 6. The van der Waals surface area contributed by atoms with Gasteiger partial charge >= 0.3 is 0 Å². The van der Waals surface area contributed by atoms with Gasteiger partial charge in [-0.05, 0) is 80.4 Å². The number of allylic oxidation sites excluding steroid dienone is 4. The van der Waals surface area contributed by atoms with Crippen molar-refractivity contribution in [1.29, 1.82) is 0 Å². The van der Waals surface area contributed by atoms with E-state index >= 15 is 8.78 Å². The molecule has 4 fully saturated rings. The summed E-state index contributed by atoms with van der Waals surface area (Å²) in [6, 6.07) is 7.18. The zero-order chi connectivity index (χ0) is 27.3. The molecule has 0 radical (unpaired) electrons.